The van der Waals surface area contributed by atoms with Crippen LogP contribution in [-0.2, 0) is 0 Å². The van der Waals surface area contributed by atoms with Crippen molar-refractivity contribution in [3.8, 4) is 0 Å². The molecule has 0 aliphatic heterocycles. The van der Waals surface area contributed by atoms with Gasteiger partial charge in [-0.3, -0.25) is 9.78 Å². The highest BCUT2D eigenvalue weighted by Crippen LogP contribution is 2.05. The number of hydrogen-bond acceptors (Lipinski definition) is 5. The van der Waals surface area contributed by atoms with Crippen LogP contribution in [0.5, 0.6) is 0 Å². The third-order valence-corrected chi connectivity index (χ3v) is 1.53. The van der Waals surface area contributed by atoms with Gasteiger partial charge in [-0.1, -0.05) is 0 Å². The molecule has 5 N–H and O–H groups in total. The largest absolute Gasteiger partial charge is 0.369 e. The maximum absolute atomic E-state index is 12.7. The Hall–Kier alpha value is -2.12. The van der Waals surface area contributed by atoms with Crippen LogP contribution >= 0.6 is 0 Å². The smallest absolute Gasteiger partial charge is 0.310 e. The minimum absolute atomic E-state index is 0.0845. The number of hydrogen-bond donors (Lipinski definition) is 3. The lowest BCUT2D eigenvalue weighted by Gasteiger charge is -1.94. The van der Waals surface area contributed by atoms with Crippen molar-refractivity contribution < 1.29 is 4.39 Å². The van der Waals surface area contributed by atoms with Gasteiger partial charge in [0.2, 0.25) is 5.95 Å². The van der Waals surface area contributed by atoms with Crippen LogP contribution in [0.15, 0.2) is 4.79 Å². The van der Waals surface area contributed by atoms with E-state index in [9.17, 15) is 9.18 Å². The lowest BCUT2D eigenvalue weighted by atomic mass is 10.5. The first-order valence-corrected chi connectivity index (χ1v) is 3.28. The van der Waals surface area contributed by atoms with Crippen molar-refractivity contribution in [2.45, 2.75) is 0 Å². The predicted molar refractivity (Wildman–Crippen MR) is 42.7 cm³/mol. The molecule has 2 heterocycles. The topological polar surface area (TPSA) is 116 Å². The Kier molecular flexibility index (Phi) is 1.27. The normalized spacial score (nSPS) is 10.8. The molecule has 0 spiro atoms. The molecule has 0 aliphatic carbocycles. The van der Waals surface area contributed by atoms with Gasteiger partial charge in [0.1, 0.15) is 0 Å². The summed E-state index contributed by atoms with van der Waals surface area (Å²) >= 11 is 0. The van der Waals surface area contributed by atoms with Crippen molar-refractivity contribution in [3.63, 3.8) is 0 Å². The highest BCUT2D eigenvalue weighted by Gasteiger charge is 2.12. The summed E-state index contributed by atoms with van der Waals surface area (Å²) in [4.78, 5) is 20.1. The molecular formula is C5H5FN6O. The summed E-state index contributed by atoms with van der Waals surface area (Å²) in [6.45, 7) is 0. The molecule has 0 unspecified atom stereocenters. The summed E-state index contributed by atoms with van der Waals surface area (Å²) in [5.41, 5.74) is 4.34. The monoisotopic (exact) mass is 184 g/mol. The van der Waals surface area contributed by atoms with Gasteiger partial charge in [0.25, 0.3) is 5.56 Å². The van der Waals surface area contributed by atoms with E-state index in [1.54, 1.807) is 0 Å². The fourth-order valence-electron chi connectivity index (χ4n) is 0.974. The van der Waals surface area contributed by atoms with Crippen LogP contribution < -0.4 is 17.1 Å². The molecule has 0 amide bonds. The molecular weight excluding hydrogens is 179 g/mol. The Morgan fingerprint density at radius 1 is 1.46 bits per heavy atom. The van der Waals surface area contributed by atoms with Crippen molar-refractivity contribution in [2.75, 3.05) is 11.6 Å². The Balaban J connectivity index is 3.03. The van der Waals surface area contributed by atoms with Crippen LogP contribution in [0.1, 0.15) is 0 Å². The average Bonchev–Trinajstić information content (AvgIpc) is 2.32. The minimum Gasteiger partial charge on any atom is -0.369 e. The zero-order chi connectivity index (χ0) is 9.59. The number of nitrogen functional groups attached to an aromatic ring is 2. The van der Waals surface area contributed by atoms with Crippen LogP contribution in [0.4, 0.5) is 10.3 Å². The lowest BCUT2D eigenvalue weighted by Crippen LogP contribution is -2.15. The number of nitrogens with zero attached hydrogens (tertiary/aromatic N) is 3. The summed E-state index contributed by atoms with van der Waals surface area (Å²) in [6.07, 6.45) is -0.987. The Morgan fingerprint density at radius 2 is 2.15 bits per heavy atom. The van der Waals surface area contributed by atoms with Crippen molar-refractivity contribution in [1.29, 1.82) is 0 Å². The fraction of sp³-hybridized carbons (Fsp3) is 0. The summed E-state index contributed by atoms with van der Waals surface area (Å²) in [5, 5.41) is 0. The van der Waals surface area contributed by atoms with Gasteiger partial charge in [-0.05, 0) is 0 Å². The first-order chi connectivity index (χ1) is 6.09. The number of anilines is 1. The second-order valence-electron chi connectivity index (χ2n) is 2.37. The van der Waals surface area contributed by atoms with Gasteiger partial charge in [0, 0.05) is 0 Å². The number of imidazole rings is 1. The molecule has 0 radical (unpaired) electrons. The highest BCUT2D eigenvalue weighted by atomic mass is 19.1. The van der Waals surface area contributed by atoms with E-state index >= 15 is 0 Å². The molecule has 0 saturated carbocycles. The van der Waals surface area contributed by atoms with E-state index in [0.29, 0.717) is 4.68 Å². The van der Waals surface area contributed by atoms with Crippen molar-refractivity contribution >= 4 is 17.1 Å². The molecule has 13 heavy (non-hydrogen) atoms. The highest BCUT2D eigenvalue weighted by molar-refractivity contribution is 5.70. The third-order valence-electron chi connectivity index (χ3n) is 1.53. The first-order valence-electron chi connectivity index (χ1n) is 3.28. The fourth-order valence-corrected chi connectivity index (χ4v) is 0.974. The molecule has 0 fully saturated rings. The second-order valence-corrected chi connectivity index (χ2v) is 2.37. The summed E-state index contributed by atoms with van der Waals surface area (Å²) in [5.74, 6) is 5.05. The SMILES string of the molecule is Nc1nc2c(nc(F)n2N)c(=O)[nH]1. The van der Waals surface area contributed by atoms with E-state index < -0.39 is 11.6 Å². The first kappa shape index (κ1) is 7.53. The number of fused-ring (bicyclic) bond motifs is 1. The van der Waals surface area contributed by atoms with Crippen LogP contribution in [0.25, 0.3) is 11.2 Å². The summed E-state index contributed by atoms with van der Waals surface area (Å²) in [7, 11) is 0. The summed E-state index contributed by atoms with van der Waals surface area (Å²) in [6, 6.07) is 0. The zero-order valence-electron chi connectivity index (χ0n) is 6.28. The van der Waals surface area contributed by atoms with Crippen LogP contribution in [0.2, 0.25) is 0 Å². The lowest BCUT2D eigenvalue weighted by molar-refractivity contribution is 0.518. The van der Waals surface area contributed by atoms with Crippen LogP contribution in [0, 0.1) is 6.08 Å². The maximum Gasteiger partial charge on any atom is 0.310 e. The number of H-pyrrole nitrogens is 1. The molecule has 2 aromatic rings. The van der Waals surface area contributed by atoms with Gasteiger partial charge in [-0.2, -0.15) is 19.0 Å². The van der Waals surface area contributed by atoms with E-state index in [4.69, 9.17) is 11.6 Å². The predicted octanol–water partition coefficient (Wildman–Crippen LogP) is -1.45. The van der Waals surface area contributed by atoms with E-state index in [-0.39, 0.29) is 17.1 Å². The molecule has 8 heteroatoms. The van der Waals surface area contributed by atoms with Crippen molar-refractivity contribution in [1.82, 2.24) is 19.6 Å². The van der Waals surface area contributed by atoms with Gasteiger partial charge in [0.15, 0.2) is 11.2 Å². The number of nitrogens with one attached hydrogen (secondary N) is 1. The molecule has 68 valence electrons. The number of halogens is 1. The molecule has 0 saturated heterocycles. The number of aromatic amines is 1. The standard InChI is InChI=1S/C5H5FN6O/c6-4-9-1-2(12(4)8)10-5(7)11-3(1)13/h8H2,(H3,7,10,11,13). The van der Waals surface area contributed by atoms with Gasteiger partial charge < -0.3 is 11.6 Å². The maximum atomic E-state index is 12.7. The molecule has 0 aliphatic rings. The summed E-state index contributed by atoms with van der Waals surface area (Å²) < 4.78 is 13.3. The molecule has 2 aromatic heterocycles. The van der Waals surface area contributed by atoms with E-state index in [1.165, 1.54) is 0 Å². The average molecular weight is 184 g/mol. The number of rotatable bonds is 0. The molecule has 0 bridgehead atoms. The zero-order valence-corrected chi connectivity index (χ0v) is 6.28. The molecule has 2 rings (SSSR count). The van der Waals surface area contributed by atoms with E-state index in [1.807, 2.05) is 0 Å². The van der Waals surface area contributed by atoms with Crippen LogP contribution in [0.3, 0.4) is 0 Å². The third kappa shape index (κ3) is 0.916. The molecule has 0 atom stereocenters. The molecule has 0 aromatic carbocycles. The minimum atomic E-state index is -0.987. The molecule has 7 nitrogen and oxygen atoms in total. The second kappa shape index (κ2) is 2.19. The quantitative estimate of drug-likeness (QED) is 0.342. The Morgan fingerprint density at radius 3 is 2.85 bits per heavy atom. The number of nitrogens with two attached hydrogens (primary N) is 2. The van der Waals surface area contributed by atoms with Gasteiger partial charge >= 0.3 is 6.08 Å². The van der Waals surface area contributed by atoms with Crippen LogP contribution in [-0.4, -0.2) is 19.6 Å². The van der Waals surface area contributed by atoms with Gasteiger partial charge in [-0.15, -0.1) is 0 Å². The van der Waals surface area contributed by atoms with Gasteiger partial charge in [0.05, 0.1) is 0 Å². The van der Waals surface area contributed by atoms with Gasteiger partial charge in [-0.25, -0.2) is 0 Å². The van der Waals surface area contributed by atoms with E-state index in [2.05, 4.69) is 15.0 Å². The van der Waals surface area contributed by atoms with Crippen molar-refractivity contribution in [2.24, 2.45) is 0 Å². The number of aromatic nitrogens is 4. The Labute approximate surface area is 70.2 Å². The van der Waals surface area contributed by atoms with Crippen molar-refractivity contribution in [3.05, 3.63) is 16.4 Å². The Bertz CT molecular complexity index is 528. The van der Waals surface area contributed by atoms with E-state index in [0.717, 1.165) is 0 Å².